The molecule has 2 fully saturated rings. The molecule has 9 heteroatoms. The molecule has 1 atom stereocenters. The molecule has 3 aromatic rings. The van der Waals surface area contributed by atoms with Gasteiger partial charge < -0.3 is 14.6 Å². The number of sulfonamides is 1. The van der Waals surface area contributed by atoms with Crippen molar-refractivity contribution in [2.75, 3.05) is 6.54 Å². The number of hydrogen-bond donors (Lipinski definition) is 2. The first kappa shape index (κ1) is 30.3. The number of aryl methyl sites for hydroxylation is 2. The van der Waals surface area contributed by atoms with Crippen LogP contribution in [0.25, 0.3) is 22.2 Å². The third-order valence-electron chi connectivity index (χ3n) is 9.14. The Morgan fingerprint density at radius 1 is 0.976 bits per heavy atom. The number of carboxylic acid groups (broad SMARTS) is 1. The lowest BCUT2D eigenvalue weighted by atomic mass is 9.82. The Morgan fingerprint density at radius 3 is 2.31 bits per heavy atom. The molecule has 1 aromatic heterocycles. The van der Waals surface area contributed by atoms with E-state index >= 15 is 0 Å². The lowest BCUT2D eigenvalue weighted by Gasteiger charge is -2.38. The second-order valence-electron chi connectivity index (χ2n) is 13.1. The van der Waals surface area contributed by atoms with E-state index in [9.17, 15) is 18.0 Å². The normalized spacial score (nSPS) is 21.6. The van der Waals surface area contributed by atoms with Gasteiger partial charge in [0.25, 0.3) is 0 Å². The SMILES string of the molecule is Cn1c(-c2ccc(CCC(=O)O)cc2)cc2ccc(S(=O)(=O)NC3CCC(C(=O)N4CCC[C@H]4C(C)(C)C)CC3)cc21. The van der Waals surface area contributed by atoms with Crippen molar-refractivity contribution >= 4 is 32.8 Å². The smallest absolute Gasteiger partial charge is 0.303 e. The van der Waals surface area contributed by atoms with Crippen molar-refractivity contribution < 1.29 is 23.1 Å². The van der Waals surface area contributed by atoms with Gasteiger partial charge in [0.15, 0.2) is 0 Å². The number of carbonyl (C=O) groups excluding carboxylic acids is 1. The molecule has 1 aliphatic heterocycles. The average Bonchev–Trinajstić information content (AvgIpc) is 3.57. The Labute approximate surface area is 249 Å². The largest absolute Gasteiger partial charge is 0.481 e. The van der Waals surface area contributed by atoms with Crippen LogP contribution in [0.15, 0.2) is 53.4 Å². The number of nitrogens with zero attached hydrogens (tertiary/aromatic N) is 2. The van der Waals surface area contributed by atoms with E-state index in [-0.39, 0.29) is 40.6 Å². The summed E-state index contributed by atoms with van der Waals surface area (Å²) in [6.45, 7) is 7.43. The van der Waals surface area contributed by atoms with Gasteiger partial charge in [0.1, 0.15) is 0 Å². The van der Waals surface area contributed by atoms with Crippen LogP contribution in [0.1, 0.15) is 71.3 Å². The van der Waals surface area contributed by atoms with Crippen LogP contribution in [0.2, 0.25) is 0 Å². The molecule has 0 unspecified atom stereocenters. The van der Waals surface area contributed by atoms with E-state index in [1.54, 1.807) is 12.1 Å². The number of amides is 1. The van der Waals surface area contributed by atoms with Gasteiger partial charge in [0, 0.05) is 54.6 Å². The van der Waals surface area contributed by atoms with Gasteiger partial charge in [0.2, 0.25) is 15.9 Å². The average molecular weight is 594 g/mol. The number of fused-ring (bicyclic) bond motifs is 1. The summed E-state index contributed by atoms with van der Waals surface area (Å²) < 4.78 is 31.7. The van der Waals surface area contributed by atoms with Crippen molar-refractivity contribution in [1.29, 1.82) is 0 Å². The van der Waals surface area contributed by atoms with Gasteiger partial charge >= 0.3 is 5.97 Å². The highest BCUT2D eigenvalue weighted by Crippen LogP contribution is 2.36. The van der Waals surface area contributed by atoms with Crippen LogP contribution in [0, 0.1) is 11.3 Å². The van der Waals surface area contributed by atoms with Gasteiger partial charge in [-0.05, 0) is 79.7 Å². The monoisotopic (exact) mass is 593 g/mol. The molecular formula is C33H43N3O5S. The van der Waals surface area contributed by atoms with E-state index < -0.39 is 16.0 Å². The van der Waals surface area contributed by atoms with Gasteiger partial charge in [-0.2, -0.15) is 0 Å². The van der Waals surface area contributed by atoms with Gasteiger partial charge in [-0.3, -0.25) is 9.59 Å². The zero-order chi connectivity index (χ0) is 30.2. The quantitative estimate of drug-likeness (QED) is 0.346. The van der Waals surface area contributed by atoms with Crippen LogP contribution in [-0.4, -0.2) is 53.5 Å². The van der Waals surface area contributed by atoms with E-state index in [0.29, 0.717) is 32.1 Å². The molecule has 2 heterocycles. The number of aliphatic carboxylic acids is 1. The fourth-order valence-corrected chi connectivity index (χ4v) is 8.08. The summed E-state index contributed by atoms with van der Waals surface area (Å²) in [5.74, 6) is -0.603. The summed E-state index contributed by atoms with van der Waals surface area (Å²) in [5, 5.41) is 9.87. The summed E-state index contributed by atoms with van der Waals surface area (Å²) in [6.07, 6.45) is 5.39. The maximum absolute atomic E-state index is 13.4. The molecule has 226 valence electrons. The van der Waals surface area contributed by atoms with Crippen LogP contribution in [0.4, 0.5) is 0 Å². The van der Waals surface area contributed by atoms with E-state index in [1.807, 2.05) is 48.0 Å². The maximum Gasteiger partial charge on any atom is 0.303 e. The van der Waals surface area contributed by atoms with Crippen LogP contribution in [0.3, 0.4) is 0 Å². The van der Waals surface area contributed by atoms with E-state index in [1.165, 1.54) is 0 Å². The minimum atomic E-state index is -3.73. The number of nitrogens with one attached hydrogen (secondary N) is 1. The number of aromatic nitrogens is 1. The number of carboxylic acids is 1. The predicted octanol–water partition coefficient (Wildman–Crippen LogP) is 5.74. The highest BCUT2D eigenvalue weighted by molar-refractivity contribution is 7.89. The fourth-order valence-electron chi connectivity index (χ4n) is 6.76. The first-order valence-corrected chi connectivity index (χ1v) is 16.6. The molecule has 0 spiro atoms. The zero-order valence-electron chi connectivity index (χ0n) is 25.1. The van der Waals surface area contributed by atoms with Crippen molar-refractivity contribution in [3.05, 3.63) is 54.1 Å². The molecule has 2 aliphatic rings. The number of hydrogen-bond acceptors (Lipinski definition) is 4. The second kappa shape index (κ2) is 11.8. The van der Waals surface area contributed by atoms with Gasteiger partial charge in [-0.15, -0.1) is 0 Å². The minimum absolute atomic E-state index is 0.0296. The summed E-state index contributed by atoms with van der Waals surface area (Å²) in [6, 6.07) is 15.2. The Morgan fingerprint density at radius 2 is 1.67 bits per heavy atom. The lowest BCUT2D eigenvalue weighted by Crippen LogP contribution is -2.47. The predicted molar refractivity (Wildman–Crippen MR) is 165 cm³/mol. The molecule has 8 nitrogen and oxygen atoms in total. The highest BCUT2D eigenvalue weighted by Gasteiger charge is 2.40. The third-order valence-corrected chi connectivity index (χ3v) is 10.7. The van der Waals surface area contributed by atoms with E-state index in [4.69, 9.17) is 5.11 Å². The topological polar surface area (TPSA) is 109 Å². The van der Waals surface area contributed by atoms with Crippen LogP contribution >= 0.6 is 0 Å². The van der Waals surface area contributed by atoms with Crippen molar-refractivity contribution in [3.8, 4) is 11.3 Å². The lowest BCUT2D eigenvalue weighted by molar-refractivity contribution is -0.139. The van der Waals surface area contributed by atoms with E-state index in [0.717, 1.165) is 47.1 Å². The van der Waals surface area contributed by atoms with Crippen molar-refractivity contribution in [3.63, 3.8) is 0 Å². The molecule has 0 bridgehead atoms. The number of likely N-dealkylation sites (tertiary alicyclic amines) is 1. The van der Waals surface area contributed by atoms with E-state index in [2.05, 4.69) is 30.4 Å². The Bertz CT molecular complexity index is 1560. The Balaban J connectivity index is 1.24. The molecule has 5 rings (SSSR count). The van der Waals surface area contributed by atoms with Crippen molar-refractivity contribution in [2.24, 2.45) is 18.4 Å². The summed E-state index contributed by atoms with van der Waals surface area (Å²) >= 11 is 0. The van der Waals surface area contributed by atoms with Gasteiger partial charge in [-0.1, -0.05) is 51.1 Å². The minimum Gasteiger partial charge on any atom is -0.481 e. The number of rotatable bonds is 8. The second-order valence-corrected chi connectivity index (χ2v) is 14.8. The molecule has 0 radical (unpaired) electrons. The molecule has 1 amide bonds. The maximum atomic E-state index is 13.4. The number of carbonyl (C=O) groups is 2. The molecule has 1 aliphatic carbocycles. The van der Waals surface area contributed by atoms with Gasteiger partial charge in [-0.25, -0.2) is 13.1 Å². The van der Waals surface area contributed by atoms with Crippen LogP contribution < -0.4 is 4.72 Å². The highest BCUT2D eigenvalue weighted by atomic mass is 32.2. The summed E-state index contributed by atoms with van der Waals surface area (Å²) in [5.41, 5.74) is 3.77. The van der Waals surface area contributed by atoms with Crippen LogP contribution in [0.5, 0.6) is 0 Å². The Kier molecular flexibility index (Phi) is 8.54. The fraction of sp³-hybridized carbons (Fsp3) is 0.515. The molecule has 2 aromatic carbocycles. The van der Waals surface area contributed by atoms with Crippen molar-refractivity contribution in [1.82, 2.24) is 14.2 Å². The molecule has 42 heavy (non-hydrogen) atoms. The number of benzene rings is 2. The summed E-state index contributed by atoms with van der Waals surface area (Å²) in [4.78, 5) is 26.6. The first-order chi connectivity index (χ1) is 19.8. The molecule has 1 saturated heterocycles. The molecule has 1 saturated carbocycles. The Hall–Kier alpha value is -3.17. The first-order valence-electron chi connectivity index (χ1n) is 15.1. The summed E-state index contributed by atoms with van der Waals surface area (Å²) in [7, 11) is -1.81. The molecular weight excluding hydrogens is 550 g/mol. The molecule has 2 N–H and O–H groups in total. The van der Waals surface area contributed by atoms with Crippen molar-refractivity contribution in [2.45, 2.75) is 89.1 Å². The zero-order valence-corrected chi connectivity index (χ0v) is 25.9. The van der Waals surface area contributed by atoms with Gasteiger partial charge in [0.05, 0.1) is 4.90 Å². The van der Waals surface area contributed by atoms with Crippen LogP contribution in [-0.2, 0) is 33.1 Å². The third kappa shape index (κ3) is 6.42. The standard InChI is InChI=1S/C33H43N3O5S/c1-33(2,3)30-6-5-19-36(30)32(39)24-12-15-26(16-13-24)34-42(40,41)27-17-14-25-20-28(35(4)29(25)21-27)23-10-7-22(8-11-23)9-18-31(37)38/h7-8,10-11,14,17,20-21,24,26,30,34H,5-6,9,12-13,15-16,18-19H2,1-4H3,(H,37,38)/t24?,26?,30-/m0/s1.